The molecule has 10 aromatic rings. The Balaban J connectivity index is 0.000000271. The van der Waals surface area contributed by atoms with Gasteiger partial charge in [-0.1, -0.05) is 105 Å². The summed E-state index contributed by atoms with van der Waals surface area (Å²) >= 11 is 0. The maximum atomic E-state index is 12.2. The van der Waals surface area contributed by atoms with Crippen LogP contribution in [0.4, 0.5) is 0 Å². The molecule has 0 aliphatic heterocycles. The Morgan fingerprint density at radius 1 is 0.270 bits per heavy atom. The largest absolute Gasteiger partial charge is 0.497 e. The van der Waals surface area contributed by atoms with Crippen LogP contribution in [0, 0.1) is 90.0 Å². The summed E-state index contributed by atoms with van der Waals surface area (Å²) in [6.45, 7) is 32.8. The molecular weight excluding hydrogens is 1540 g/mol. The highest BCUT2D eigenvalue weighted by Crippen LogP contribution is 2.43. The summed E-state index contributed by atoms with van der Waals surface area (Å²) in [6.07, 6.45) is 0.629. The fourth-order valence-corrected chi connectivity index (χ4v) is 14.6. The molecule has 19 heteroatoms. The van der Waals surface area contributed by atoms with E-state index in [4.69, 9.17) is 61.6 Å². The van der Waals surface area contributed by atoms with Crippen LogP contribution in [0.1, 0.15) is 211 Å². The third kappa shape index (κ3) is 26.9. The molecule has 0 aliphatic carbocycles. The third-order valence-corrected chi connectivity index (χ3v) is 22.3. The molecule has 0 heterocycles. The van der Waals surface area contributed by atoms with Gasteiger partial charge in [0.05, 0.1) is 117 Å². The predicted molar refractivity (Wildman–Crippen MR) is 487 cm³/mol. The van der Waals surface area contributed by atoms with Gasteiger partial charge in [-0.05, 0) is 288 Å². The molecule has 5 unspecified atom stereocenters. The lowest BCUT2D eigenvalue weighted by molar-refractivity contribution is -0.144. The lowest BCUT2D eigenvalue weighted by atomic mass is 9.86. The van der Waals surface area contributed by atoms with Gasteiger partial charge in [0.1, 0.15) is 63.2 Å². The topological polar surface area (TPSA) is 229 Å². The average Bonchev–Trinajstić information content (AvgIpc) is 1.17. The monoisotopic (exact) mass is 1670 g/mol. The van der Waals surface area contributed by atoms with Gasteiger partial charge in [-0.25, -0.2) is 0 Å². The van der Waals surface area contributed by atoms with Crippen LogP contribution in [0.15, 0.2) is 158 Å². The summed E-state index contributed by atoms with van der Waals surface area (Å²) in [6, 6.07) is 52.1. The summed E-state index contributed by atoms with van der Waals surface area (Å²) in [5.74, 6) is 6.26. The van der Waals surface area contributed by atoms with E-state index in [1.165, 1.54) is 5.56 Å². The van der Waals surface area contributed by atoms with Gasteiger partial charge >= 0.3 is 23.9 Å². The number of methoxy groups -OCH3 is 11. The Bertz CT molecular complexity index is 5090. The number of carbonyl (C=O) groups excluding carboxylic acids is 2. The standard InChI is InChI=1S/C22H28O4.C21H26O3.C20H26O4.C20H24O4.C19H22O4.CH4/c1-7-26-22(23)13-19(17-9-8-14(2)20(11-17)24-5)18-10-15(3)16(4)21(12-18)25-6;1-6-24-21(22)13-19(17-9-7-14(2)8-10-17)18-11-15(3)16(4)20(12-18)23-5;1-12-8-20(24-7)16(11-17(12)21-4)13(2)15-9-18(22-5)14(3)19(10-15)23-6;1-12-6-7-15(9-18(12)23-4)17(11-20(21)22)16-8-13(2)14(3)19(10-16)24-5;1-12-9-15(10-18(23-4)13(12)2)17(11-19(20)21)14-5-7-16(22-3)8-6-14;/h8-12,19H,7,13H2,1-6H3;7-12,19H,6,13H2,1-5H3;8-11,13H,1-7H3;6-10,17H,11H2,1-5H3,(H,21,22);5-10,17H,11H2,1-4H3,(H,20,21);1H4. The first-order valence-corrected chi connectivity index (χ1v) is 40.5. The van der Waals surface area contributed by atoms with Crippen LogP contribution < -0.4 is 52.1 Å². The summed E-state index contributed by atoms with van der Waals surface area (Å²) in [5, 5.41) is 18.7. The van der Waals surface area contributed by atoms with E-state index in [9.17, 15) is 29.4 Å². The van der Waals surface area contributed by atoms with Crippen LogP contribution in [0.5, 0.6) is 63.2 Å². The summed E-state index contributed by atoms with van der Waals surface area (Å²) in [7, 11) is 18.2. The van der Waals surface area contributed by atoms with Crippen LogP contribution in [0.25, 0.3) is 0 Å². The molecule has 0 saturated carbocycles. The number of hydrogen-bond acceptors (Lipinski definition) is 17. The molecule has 10 rings (SSSR count). The molecule has 0 bridgehead atoms. The fraction of sp³-hybridized carbons (Fsp3) is 0.379. The van der Waals surface area contributed by atoms with Gasteiger partial charge in [0.15, 0.2) is 0 Å². The van der Waals surface area contributed by atoms with Gasteiger partial charge in [-0.2, -0.15) is 0 Å². The Kier molecular flexibility index (Phi) is 39.8. The third-order valence-electron chi connectivity index (χ3n) is 22.3. The van der Waals surface area contributed by atoms with Crippen LogP contribution in [0.2, 0.25) is 0 Å². The quantitative estimate of drug-likeness (QED) is 0.0385. The van der Waals surface area contributed by atoms with E-state index in [1.807, 2.05) is 204 Å². The number of carboxylic acids is 2. The van der Waals surface area contributed by atoms with Gasteiger partial charge in [0, 0.05) is 40.7 Å². The number of carbonyl (C=O) groups is 4. The van der Waals surface area contributed by atoms with Crippen LogP contribution >= 0.6 is 0 Å². The minimum Gasteiger partial charge on any atom is -0.497 e. The number of hydrogen-bond donors (Lipinski definition) is 2. The van der Waals surface area contributed by atoms with Gasteiger partial charge in [0.25, 0.3) is 0 Å². The normalized spacial score (nSPS) is 11.7. The highest BCUT2D eigenvalue weighted by atomic mass is 16.5. The molecule has 19 nitrogen and oxygen atoms in total. The minimum absolute atomic E-state index is 0. The minimum atomic E-state index is -0.836. The Hall–Kier alpha value is -12.1. The zero-order chi connectivity index (χ0) is 89.6. The molecule has 0 aromatic heterocycles. The van der Waals surface area contributed by atoms with E-state index in [0.29, 0.717) is 19.6 Å². The molecule has 122 heavy (non-hydrogen) atoms. The van der Waals surface area contributed by atoms with Crippen molar-refractivity contribution in [2.24, 2.45) is 0 Å². The smallest absolute Gasteiger partial charge is 0.306 e. The van der Waals surface area contributed by atoms with Crippen molar-refractivity contribution in [2.45, 2.75) is 173 Å². The lowest BCUT2D eigenvalue weighted by Gasteiger charge is -2.21. The first kappa shape index (κ1) is 100. The number of benzene rings is 10. The van der Waals surface area contributed by atoms with Gasteiger partial charge < -0.3 is 71.8 Å². The Morgan fingerprint density at radius 3 is 0.852 bits per heavy atom. The first-order valence-electron chi connectivity index (χ1n) is 40.5. The lowest BCUT2D eigenvalue weighted by Crippen LogP contribution is -2.12. The second kappa shape index (κ2) is 48.4. The molecule has 0 saturated heterocycles. The predicted octanol–water partition coefficient (Wildman–Crippen LogP) is 22.7. The van der Waals surface area contributed by atoms with Gasteiger partial charge in [-0.3, -0.25) is 19.2 Å². The molecule has 10 aromatic carbocycles. The molecule has 2 N–H and O–H groups in total. The number of esters is 2. The van der Waals surface area contributed by atoms with E-state index >= 15 is 0 Å². The van der Waals surface area contributed by atoms with Crippen LogP contribution in [-0.4, -0.2) is 126 Å². The molecule has 0 radical (unpaired) electrons. The Labute approximate surface area is 724 Å². The van der Waals surface area contributed by atoms with E-state index in [1.54, 1.807) is 78.2 Å². The first-order chi connectivity index (χ1) is 57.6. The van der Waals surface area contributed by atoms with E-state index in [-0.39, 0.29) is 68.2 Å². The second-order valence-corrected chi connectivity index (χ2v) is 30.1. The maximum absolute atomic E-state index is 12.2. The number of carboxylic acid groups (broad SMARTS) is 2. The maximum Gasteiger partial charge on any atom is 0.306 e. The molecule has 0 amide bonds. The molecule has 0 spiro atoms. The highest BCUT2D eigenvalue weighted by Gasteiger charge is 2.27. The van der Waals surface area contributed by atoms with E-state index in [0.717, 1.165) is 186 Å². The number of aliphatic carboxylic acids is 2. The number of rotatable bonds is 31. The Morgan fingerprint density at radius 2 is 0.541 bits per heavy atom. The van der Waals surface area contributed by atoms with Crippen molar-refractivity contribution in [3.63, 3.8) is 0 Å². The van der Waals surface area contributed by atoms with Crippen molar-refractivity contribution in [1.82, 2.24) is 0 Å². The van der Waals surface area contributed by atoms with Crippen molar-refractivity contribution in [3.05, 3.63) is 286 Å². The van der Waals surface area contributed by atoms with E-state index in [2.05, 4.69) is 64.1 Å². The van der Waals surface area contributed by atoms with Crippen molar-refractivity contribution in [1.29, 1.82) is 0 Å². The molecule has 0 fully saturated rings. The molecule has 5 atom stereocenters. The van der Waals surface area contributed by atoms with Crippen molar-refractivity contribution in [3.8, 4) is 63.2 Å². The summed E-state index contributed by atoms with van der Waals surface area (Å²) in [5.41, 5.74) is 24.3. The van der Waals surface area contributed by atoms with Crippen LogP contribution in [0.3, 0.4) is 0 Å². The highest BCUT2D eigenvalue weighted by molar-refractivity contribution is 5.73. The van der Waals surface area contributed by atoms with Crippen LogP contribution in [-0.2, 0) is 28.7 Å². The molecule has 0 aliphatic rings. The fourth-order valence-electron chi connectivity index (χ4n) is 14.6. The van der Waals surface area contributed by atoms with Gasteiger partial charge in [-0.15, -0.1) is 0 Å². The molecule has 656 valence electrons. The molecular formula is C103H130O19. The zero-order valence-corrected chi connectivity index (χ0v) is 76.0. The summed E-state index contributed by atoms with van der Waals surface area (Å²) in [4.78, 5) is 47.1. The van der Waals surface area contributed by atoms with Gasteiger partial charge in [0.2, 0.25) is 0 Å². The SMILES string of the molecule is C.CCOC(=O)CC(c1ccc(C)c(OC)c1)c1cc(C)c(C)c(OC)c1.CCOC(=O)CC(c1ccc(C)cc1)c1cc(C)c(C)c(OC)c1.COc1cc(C(C)c2cc(OC)c(C)c(OC)c2)c(OC)cc1C.COc1cc(C(CC(=O)O)c2cc(C)c(C)c(OC)c2)ccc1C.COc1ccc(C(CC(=O)O)c2cc(C)c(C)c(OC)c2)cc1. The summed E-state index contributed by atoms with van der Waals surface area (Å²) < 4.78 is 70.4. The second-order valence-electron chi connectivity index (χ2n) is 30.1. The average molecular weight is 1670 g/mol. The number of aryl methyl sites for hydroxylation is 8. The number of ether oxygens (including phenoxy) is 13. The van der Waals surface area contributed by atoms with Crippen molar-refractivity contribution in [2.75, 3.05) is 91.4 Å². The van der Waals surface area contributed by atoms with Crippen molar-refractivity contribution >= 4 is 23.9 Å². The van der Waals surface area contributed by atoms with Crippen molar-refractivity contribution < 1.29 is 91.0 Å². The zero-order valence-electron chi connectivity index (χ0n) is 76.0. The van der Waals surface area contributed by atoms with E-state index < -0.39 is 11.9 Å².